The zero-order valence-electron chi connectivity index (χ0n) is 21.9. The van der Waals surface area contributed by atoms with Gasteiger partial charge in [0.15, 0.2) is 0 Å². The fourth-order valence-electron chi connectivity index (χ4n) is 4.74. The van der Waals surface area contributed by atoms with E-state index in [0.717, 1.165) is 11.2 Å². The number of nitrogens with one attached hydrogen (secondary N) is 1. The summed E-state index contributed by atoms with van der Waals surface area (Å²) in [5.74, 6) is 0.0595. The molecule has 0 saturated carbocycles. The van der Waals surface area contributed by atoms with Crippen molar-refractivity contribution in [3.8, 4) is 11.1 Å². The first-order valence-electron chi connectivity index (χ1n) is 12.8. The second-order valence-corrected chi connectivity index (χ2v) is 10.5. The highest BCUT2D eigenvalue weighted by Gasteiger charge is 2.51. The molecule has 0 bridgehead atoms. The highest BCUT2D eigenvalue weighted by Crippen LogP contribution is 2.44. The Hall–Kier alpha value is -3.42. The number of nitrogens with zero attached hydrogens (tertiary/aromatic N) is 1. The molecule has 7 heteroatoms. The van der Waals surface area contributed by atoms with Crippen molar-refractivity contribution < 1.29 is 18.8 Å². The molecule has 1 aromatic heterocycles. The van der Waals surface area contributed by atoms with E-state index in [4.69, 9.17) is 14.0 Å². The third-order valence-corrected chi connectivity index (χ3v) is 7.55. The van der Waals surface area contributed by atoms with E-state index in [1.54, 1.807) is 6.20 Å². The van der Waals surface area contributed by atoms with Crippen LogP contribution in [-0.4, -0.2) is 42.5 Å². The van der Waals surface area contributed by atoms with Gasteiger partial charge in [0.2, 0.25) is 0 Å². The number of aromatic nitrogens is 1. The summed E-state index contributed by atoms with van der Waals surface area (Å²) >= 11 is 0. The maximum Gasteiger partial charge on any atom is 0.496 e. The van der Waals surface area contributed by atoms with Crippen LogP contribution in [0.25, 0.3) is 17.2 Å². The smallest absolute Gasteiger partial charge is 0.449 e. The van der Waals surface area contributed by atoms with Crippen molar-refractivity contribution in [2.24, 2.45) is 0 Å². The number of benzene rings is 2. The summed E-state index contributed by atoms with van der Waals surface area (Å²) in [4.78, 5) is 16.8. The van der Waals surface area contributed by atoms with Crippen molar-refractivity contribution in [3.05, 3.63) is 89.8 Å². The summed E-state index contributed by atoms with van der Waals surface area (Å²) in [6, 6.07) is 20.5. The Labute approximate surface area is 219 Å². The first-order valence-corrected chi connectivity index (χ1v) is 12.8. The molecule has 1 saturated heterocycles. The lowest BCUT2D eigenvalue weighted by molar-refractivity contribution is 0.00578. The molecule has 1 N–H and O–H groups in total. The van der Waals surface area contributed by atoms with Crippen LogP contribution in [-0.2, 0) is 14.0 Å². The molecule has 1 aliphatic heterocycles. The van der Waals surface area contributed by atoms with Crippen LogP contribution in [0.4, 0.5) is 4.79 Å². The van der Waals surface area contributed by atoms with Crippen molar-refractivity contribution in [2.45, 2.75) is 51.2 Å². The quantitative estimate of drug-likeness (QED) is 0.354. The van der Waals surface area contributed by atoms with E-state index in [1.807, 2.05) is 76.2 Å². The molecule has 3 aromatic rings. The lowest BCUT2D eigenvalue weighted by atomic mass is 9.80. The summed E-state index contributed by atoms with van der Waals surface area (Å²) in [6.07, 6.45) is 5.98. The van der Waals surface area contributed by atoms with Crippen molar-refractivity contribution in [2.75, 3.05) is 13.2 Å². The molecule has 5 rings (SSSR count). The number of rotatable bonds is 7. The average molecular weight is 496 g/mol. The topological polar surface area (TPSA) is 69.7 Å². The van der Waals surface area contributed by atoms with E-state index in [1.165, 1.54) is 22.3 Å². The highest BCUT2D eigenvalue weighted by atomic mass is 16.7. The molecule has 1 aliphatic carbocycles. The van der Waals surface area contributed by atoms with Gasteiger partial charge in [0.25, 0.3) is 0 Å². The molecule has 2 heterocycles. The van der Waals surface area contributed by atoms with Crippen molar-refractivity contribution in [3.63, 3.8) is 0 Å². The maximum absolute atomic E-state index is 12.3. The third-order valence-electron chi connectivity index (χ3n) is 7.55. The predicted octanol–water partition coefficient (Wildman–Crippen LogP) is 5.32. The van der Waals surface area contributed by atoms with Crippen LogP contribution >= 0.6 is 0 Å². The molecule has 0 spiro atoms. The van der Waals surface area contributed by atoms with Gasteiger partial charge in [0.1, 0.15) is 6.61 Å². The molecule has 1 fully saturated rings. The fourth-order valence-corrected chi connectivity index (χ4v) is 4.74. The van der Waals surface area contributed by atoms with Gasteiger partial charge in [0.05, 0.1) is 16.9 Å². The highest BCUT2D eigenvalue weighted by molar-refractivity contribution is 6.62. The van der Waals surface area contributed by atoms with E-state index in [-0.39, 0.29) is 17.1 Å². The number of amides is 1. The van der Waals surface area contributed by atoms with Crippen molar-refractivity contribution >= 4 is 24.8 Å². The Kier molecular flexibility index (Phi) is 6.93. The van der Waals surface area contributed by atoms with Crippen LogP contribution in [0.5, 0.6) is 0 Å². The Morgan fingerprint density at radius 3 is 2.19 bits per heavy atom. The van der Waals surface area contributed by atoms with E-state index >= 15 is 0 Å². The van der Waals surface area contributed by atoms with Crippen LogP contribution in [0.15, 0.2) is 72.9 Å². The molecular weight excluding hydrogens is 463 g/mol. The van der Waals surface area contributed by atoms with Crippen LogP contribution in [0.1, 0.15) is 56.9 Å². The second kappa shape index (κ2) is 10.2. The molecule has 6 nitrogen and oxygen atoms in total. The van der Waals surface area contributed by atoms with Gasteiger partial charge in [-0.2, -0.15) is 0 Å². The zero-order valence-corrected chi connectivity index (χ0v) is 21.9. The molecule has 1 amide bonds. The normalized spacial score (nSPS) is 17.6. The molecule has 0 radical (unpaired) electrons. The minimum absolute atomic E-state index is 0.0595. The summed E-state index contributed by atoms with van der Waals surface area (Å²) in [7, 11) is -0.420. The van der Waals surface area contributed by atoms with E-state index in [0.29, 0.717) is 19.6 Å². The lowest BCUT2D eigenvalue weighted by Crippen LogP contribution is -2.41. The number of alkyl carbamates (subject to hydrolysis) is 1. The fraction of sp³-hybridized carbons (Fsp3) is 0.333. The number of fused-ring (bicyclic) bond motifs is 3. The number of pyridine rings is 1. The maximum atomic E-state index is 12.3. The minimum Gasteiger partial charge on any atom is -0.449 e. The standard InChI is InChI=1S/C30H33BN2O4/c1-29(2)30(3,4)37-31(36-29)21-16-17-22(33-19-21)11-9-10-18-32-28(34)35-20-27-25-14-7-5-12-23(25)24-13-6-8-15-26(24)27/h5-9,11-17,19,27H,10,18,20H2,1-4H3,(H,32,34). The molecule has 190 valence electrons. The van der Waals surface area contributed by atoms with E-state index < -0.39 is 13.2 Å². The van der Waals surface area contributed by atoms with Gasteiger partial charge < -0.3 is 19.4 Å². The van der Waals surface area contributed by atoms with Crippen molar-refractivity contribution in [1.29, 1.82) is 0 Å². The number of hydrogen-bond acceptors (Lipinski definition) is 5. The van der Waals surface area contributed by atoms with Crippen molar-refractivity contribution in [1.82, 2.24) is 10.3 Å². The monoisotopic (exact) mass is 496 g/mol. The van der Waals surface area contributed by atoms with Gasteiger partial charge in [-0.05, 0) is 68.5 Å². The Morgan fingerprint density at radius 1 is 0.973 bits per heavy atom. The van der Waals surface area contributed by atoms with Gasteiger partial charge >= 0.3 is 13.2 Å². The number of carbonyl (C=O) groups is 1. The Morgan fingerprint density at radius 2 is 1.59 bits per heavy atom. The zero-order chi connectivity index (χ0) is 26.0. The first-order chi connectivity index (χ1) is 17.7. The SMILES string of the molecule is CC1(C)OB(c2ccc(C=CCCNC(=O)OCC3c4ccccc4-c4ccccc43)nc2)OC1(C)C. The Balaban J connectivity index is 1.07. The number of carbonyl (C=O) groups excluding carboxylic acids is 1. The summed E-state index contributed by atoms with van der Waals surface area (Å²) in [5.41, 5.74) is 5.82. The number of hydrogen-bond donors (Lipinski definition) is 1. The summed E-state index contributed by atoms with van der Waals surface area (Å²) < 4.78 is 17.7. The molecular formula is C30H33BN2O4. The van der Waals surface area contributed by atoms with E-state index in [9.17, 15) is 4.79 Å². The molecule has 2 aliphatic rings. The second-order valence-electron chi connectivity index (χ2n) is 10.5. The van der Waals surface area contributed by atoms with Crippen LogP contribution in [0.3, 0.4) is 0 Å². The lowest BCUT2D eigenvalue weighted by Gasteiger charge is -2.32. The van der Waals surface area contributed by atoms with Crippen LogP contribution in [0.2, 0.25) is 0 Å². The van der Waals surface area contributed by atoms with Crippen LogP contribution in [0, 0.1) is 0 Å². The first kappa shape index (κ1) is 25.2. The molecule has 0 unspecified atom stereocenters. The van der Waals surface area contributed by atoms with E-state index in [2.05, 4.69) is 34.6 Å². The van der Waals surface area contributed by atoms with Gasteiger partial charge in [0, 0.05) is 24.1 Å². The third kappa shape index (κ3) is 5.20. The average Bonchev–Trinajstić information content (AvgIpc) is 3.32. The number of ether oxygens (including phenoxy) is 1. The summed E-state index contributed by atoms with van der Waals surface area (Å²) in [6.45, 7) is 8.94. The predicted molar refractivity (Wildman–Crippen MR) is 147 cm³/mol. The largest absolute Gasteiger partial charge is 0.496 e. The van der Waals surface area contributed by atoms with Gasteiger partial charge in [-0.25, -0.2) is 4.79 Å². The van der Waals surface area contributed by atoms with Gasteiger partial charge in [-0.1, -0.05) is 60.7 Å². The molecule has 2 aromatic carbocycles. The molecule has 0 atom stereocenters. The van der Waals surface area contributed by atoms with Gasteiger partial charge in [-0.15, -0.1) is 0 Å². The molecule has 37 heavy (non-hydrogen) atoms. The van der Waals surface area contributed by atoms with Gasteiger partial charge in [-0.3, -0.25) is 4.98 Å². The summed E-state index contributed by atoms with van der Waals surface area (Å²) in [5, 5.41) is 2.84. The van der Waals surface area contributed by atoms with Crippen LogP contribution < -0.4 is 10.8 Å². The Bertz CT molecular complexity index is 1240. The minimum atomic E-state index is -0.420.